The number of hydrogen-bond donors (Lipinski definition) is 2. The molecule has 1 aromatic carbocycles. The highest BCUT2D eigenvalue weighted by Gasteiger charge is 2.22. The third kappa shape index (κ3) is 4.66. The molecule has 112 valence electrons. The lowest BCUT2D eigenvalue weighted by molar-refractivity contribution is 0.521. The lowest BCUT2D eigenvalue weighted by atomic mass is 10.1. The molecular weight excluding hydrogens is 296 g/mol. The average molecular weight is 316 g/mol. The van der Waals surface area contributed by atoms with Crippen LogP contribution in [0, 0.1) is 0 Å². The number of nitrogens with one attached hydrogen (secondary N) is 1. The van der Waals surface area contributed by atoms with Crippen molar-refractivity contribution >= 4 is 20.8 Å². The first-order chi connectivity index (χ1) is 9.48. The molecule has 0 saturated carbocycles. The number of nitrogens with two attached hydrogens (primary N) is 1. The van der Waals surface area contributed by atoms with Crippen molar-refractivity contribution in [2.75, 3.05) is 11.5 Å². The molecule has 20 heavy (non-hydrogen) atoms. The Morgan fingerprint density at radius 1 is 1.15 bits per heavy atom. The summed E-state index contributed by atoms with van der Waals surface area (Å²) < 4.78 is 38.1. The van der Waals surface area contributed by atoms with Crippen LogP contribution in [0.15, 0.2) is 24.3 Å². The van der Waals surface area contributed by atoms with Crippen LogP contribution in [0.25, 0.3) is 0 Å². The normalized spacial score (nSPS) is 23.6. The summed E-state index contributed by atoms with van der Waals surface area (Å²) in [5, 5.41) is 0. The lowest BCUT2D eigenvalue weighted by Crippen LogP contribution is -2.40. The molecule has 0 aromatic heterocycles. The van der Waals surface area contributed by atoms with Crippen molar-refractivity contribution in [3.63, 3.8) is 0 Å². The fraction of sp³-hybridized carbons (Fsp3) is 0.538. The van der Waals surface area contributed by atoms with Gasteiger partial charge in [-0.3, -0.25) is 4.21 Å². The molecule has 1 fully saturated rings. The third-order valence-corrected chi connectivity index (χ3v) is 6.14. The van der Waals surface area contributed by atoms with Crippen LogP contribution >= 0.6 is 0 Å². The largest absolute Gasteiger partial charge is 0.326 e. The number of benzene rings is 1. The van der Waals surface area contributed by atoms with E-state index in [4.69, 9.17) is 5.73 Å². The van der Waals surface area contributed by atoms with E-state index in [1.165, 1.54) is 0 Å². The van der Waals surface area contributed by atoms with Crippen molar-refractivity contribution in [2.24, 2.45) is 5.73 Å². The maximum Gasteiger partial charge on any atom is 0.216 e. The highest BCUT2D eigenvalue weighted by atomic mass is 32.2. The number of rotatable bonds is 5. The van der Waals surface area contributed by atoms with Gasteiger partial charge in [-0.2, -0.15) is 0 Å². The molecule has 0 atom stereocenters. The summed E-state index contributed by atoms with van der Waals surface area (Å²) in [6.45, 7) is 0.449. The Hall–Kier alpha value is -0.760. The van der Waals surface area contributed by atoms with E-state index in [1.54, 1.807) is 12.1 Å². The van der Waals surface area contributed by atoms with Crippen LogP contribution in [0.4, 0.5) is 0 Å². The molecule has 1 aromatic rings. The molecule has 2 rings (SSSR count). The van der Waals surface area contributed by atoms with Crippen LogP contribution in [0.2, 0.25) is 0 Å². The number of sulfonamides is 1. The summed E-state index contributed by atoms with van der Waals surface area (Å²) in [5.41, 5.74) is 7.23. The molecule has 0 bridgehead atoms. The molecule has 1 aliphatic rings. The van der Waals surface area contributed by atoms with Crippen LogP contribution in [-0.4, -0.2) is 30.2 Å². The van der Waals surface area contributed by atoms with E-state index in [9.17, 15) is 12.6 Å². The SMILES string of the molecule is NCc1ccc(CS(=O)(=O)NC2CCS(=O)CC2)cc1. The quantitative estimate of drug-likeness (QED) is 0.826. The van der Waals surface area contributed by atoms with Gasteiger partial charge in [0, 0.05) is 34.9 Å². The molecule has 3 N–H and O–H groups in total. The zero-order valence-corrected chi connectivity index (χ0v) is 12.9. The van der Waals surface area contributed by atoms with Crippen molar-refractivity contribution in [3.8, 4) is 0 Å². The van der Waals surface area contributed by atoms with E-state index in [-0.39, 0.29) is 11.8 Å². The zero-order valence-electron chi connectivity index (χ0n) is 11.2. The molecule has 0 spiro atoms. The molecule has 1 aliphatic heterocycles. The van der Waals surface area contributed by atoms with Gasteiger partial charge in [-0.25, -0.2) is 13.1 Å². The van der Waals surface area contributed by atoms with E-state index < -0.39 is 20.8 Å². The Morgan fingerprint density at radius 3 is 2.25 bits per heavy atom. The van der Waals surface area contributed by atoms with Gasteiger partial charge >= 0.3 is 0 Å². The summed E-state index contributed by atoms with van der Waals surface area (Å²) >= 11 is 0. The van der Waals surface area contributed by atoms with E-state index in [1.807, 2.05) is 12.1 Å². The van der Waals surface area contributed by atoms with Gasteiger partial charge in [-0.05, 0) is 24.0 Å². The van der Waals surface area contributed by atoms with Crippen LogP contribution in [-0.2, 0) is 33.1 Å². The molecule has 1 saturated heterocycles. The van der Waals surface area contributed by atoms with Crippen molar-refractivity contribution in [2.45, 2.75) is 31.2 Å². The van der Waals surface area contributed by atoms with Gasteiger partial charge in [0.2, 0.25) is 10.0 Å². The molecule has 0 amide bonds. The maximum atomic E-state index is 12.1. The van der Waals surface area contributed by atoms with Crippen LogP contribution in [0.3, 0.4) is 0 Å². The molecular formula is C13H20N2O3S2. The van der Waals surface area contributed by atoms with Crippen molar-refractivity contribution in [1.29, 1.82) is 0 Å². The minimum absolute atomic E-state index is 0.0303. The fourth-order valence-electron chi connectivity index (χ4n) is 2.20. The van der Waals surface area contributed by atoms with Crippen LogP contribution in [0.5, 0.6) is 0 Å². The molecule has 7 heteroatoms. The highest BCUT2D eigenvalue weighted by Crippen LogP contribution is 2.13. The highest BCUT2D eigenvalue weighted by molar-refractivity contribution is 7.88. The minimum atomic E-state index is -3.35. The number of hydrogen-bond acceptors (Lipinski definition) is 4. The van der Waals surface area contributed by atoms with Crippen LogP contribution in [0.1, 0.15) is 24.0 Å². The maximum absolute atomic E-state index is 12.1. The summed E-state index contributed by atoms with van der Waals surface area (Å²) in [6.07, 6.45) is 1.30. The van der Waals surface area contributed by atoms with Crippen molar-refractivity contribution in [3.05, 3.63) is 35.4 Å². The molecule has 0 radical (unpaired) electrons. The topological polar surface area (TPSA) is 89.3 Å². The third-order valence-electron chi connectivity index (χ3n) is 3.35. The van der Waals surface area contributed by atoms with Gasteiger partial charge in [0.25, 0.3) is 0 Å². The Labute approximate surface area is 122 Å². The van der Waals surface area contributed by atoms with E-state index >= 15 is 0 Å². The lowest BCUT2D eigenvalue weighted by Gasteiger charge is -2.22. The smallest absolute Gasteiger partial charge is 0.216 e. The van der Waals surface area contributed by atoms with E-state index in [2.05, 4.69) is 4.72 Å². The van der Waals surface area contributed by atoms with Gasteiger partial charge in [0.05, 0.1) is 5.75 Å². The minimum Gasteiger partial charge on any atom is -0.326 e. The average Bonchev–Trinajstić information content (AvgIpc) is 2.41. The van der Waals surface area contributed by atoms with E-state index in [0.717, 1.165) is 11.1 Å². The van der Waals surface area contributed by atoms with Gasteiger partial charge in [-0.15, -0.1) is 0 Å². The first-order valence-corrected chi connectivity index (χ1v) is 9.75. The van der Waals surface area contributed by atoms with Gasteiger partial charge in [0.1, 0.15) is 0 Å². The first kappa shape index (κ1) is 15.6. The predicted molar refractivity (Wildman–Crippen MR) is 81.0 cm³/mol. The van der Waals surface area contributed by atoms with Gasteiger partial charge < -0.3 is 5.73 Å². The van der Waals surface area contributed by atoms with Crippen molar-refractivity contribution < 1.29 is 12.6 Å². The standard InChI is InChI=1S/C13H20N2O3S2/c14-9-11-1-3-12(4-2-11)10-20(17,18)15-13-5-7-19(16)8-6-13/h1-4,13,15H,5-10,14H2. The Kier molecular flexibility index (Phi) is 5.31. The molecule has 0 unspecified atom stereocenters. The predicted octanol–water partition coefficient (Wildman–Crippen LogP) is 0.476. The summed E-state index contributed by atoms with van der Waals surface area (Å²) in [4.78, 5) is 0. The molecule has 1 heterocycles. The Bertz CT molecular complexity index is 560. The molecule has 5 nitrogen and oxygen atoms in total. The second kappa shape index (κ2) is 6.80. The fourth-order valence-corrected chi connectivity index (χ4v) is 4.96. The first-order valence-electron chi connectivity index (χ1n) is 6.61. The second-order valence-corrected chi connectivity index (χ2v) is 8.47. The Morgan fingerprint density at radius 2 is 1.70 bits per heavy atom. The van der Waals surface area contributed by atoms with Crippen LogP contribution < -0.4 is 10.5 Å². The molecule has 0 aliphatic carbocycles. The van der Waals surface area contributed by atoms with Crippen molar-refractivity contribution in [1.82, 2.24) is 4.72 Å². The van der Waals surface area contributed by atoms with E-state index in [0.29, 0.717) is 30.9 Å². The Balaban J connectivity index is 1.94. The van der Waals surface area contributed by atoms with Gasteiger partial charge in [0.15, 0.2) is 0 Å². The van der Waals surface area contributed by atoms with Gasteiger partial charge in [-0.1, -0.05) is 24.3 Å². The summed E-state index contributed by atoms with van der Waals surface area (Å²) in [6, 6.07) is 7.18. The monoisotopic (exact) mass is 316 g/mol. The second-order valence-electron chi connectivity index (χ2n) is 5.02. The zero-order chi connectivity index (χ0) is 14.6. The summed E-state index contributed by atoms with van der Waals surface area (Å²) in [7, 11) is -4.13. The summed E-state index contributed by atoms with van der Waals surface area (Å²) in [5.74, 6) is 1.13.